The lowest BCUT2D eigenvalue weighted by Crippen LogP contribution is -2.42. The number of para-hydroxylation sites is 1. The molecule has 0 spiro atoms. The summed E-state index contributed by atoms with van der Waals surface area (Å²) >= 11 is 0. The SMILES string of the molecule is O=C(Cn1c(=O)[nH]c2ccccc2c1=O)NCC1CCC(C(=O)N[C@@H](C(=O)O)c2ccccc2)CC1. The Balaban J connectivity index is 1.27. The molecule has 1 aliphatic carbocycles. The average molecular weight is 493 g/mol. The Bertz CT molecular complexity index is 1370. The largest absolute Gasteiger partial charge is 0.479 e. The number of aliphatic carboxylic acids is 1. The van der Waals surface area contributed by atoms with Crippen LogP contribution in [0.25, 0.3) is 10.9 Å². The molecule has 1 atom stereocenters. The van der Waals surface area contributed by atoms with Crippen molar-refractivity contribution in [1.82, 2.24) is 20.2 Å². The molecule has 36 heavy (non-hydrogen) atoms. The molecule has 1 aromatic heterocycles. The van der Waals surface area contributed by atoms with Gasteiger partial charge in [0, 0.05) is 12.5 Å². The number of hydrogen-bond acceptors (Lipinski definition) is 5. The van der Waals surface area contributed by atoms with Crippen LogP contribution in [0.5, 0.6) is 0 Å². The zero-order valence-corrected chi connectivity index (χ0v) is 19.6. The van der Waals surface area contributed by atoms with Gasteiger partial charge in [-0.2, -0.15) is 0 Å². The summed E-state index contributed by atoms with van der Waals surface area (Å²) in [6.07, 6.45) is 2.55. The number of aromatic amines is 1. The molecule has 2 aromatic carbocycles. The lowest BCUT2D eigenvalue weighted by atomic mass is 9.81. The molecule has 3 aromatic rings. The fraction of sp³-hybridized carbons (Fsp3) is 0.346. The predicted molar refractivity (Wildman–Crippen MR) is 132 cm³/mol. The van der Waals surface area contributed by atoms with E-state index in [1.807, 2.05) is 0 Å². The number of benzene rings is 2. The van der Waals surface area contributed by atoms with Gasteiger partial charge in [0.2, 0.25) is 11.8 Å². The van der Waals surface area contributed by atoms with Gasteiger partial charge in [-0.05, 0) is 49.3 Å². The zero-order valence-electron chi connectivity index (χ0n) is 19.6. The van der Waals surface area contributed by atoms with Crippen molar-refractivity contribution in [2.45, 2.75) is 38.3 Å². The molecule has 10 heteroatoms. The molecule has 188 valence electrons. The topological polar surface area (TPSA) is 150 Å². The van der Waals surface area contributed by atoms with Crippen LogP contribution < -0.4 is 21.9 Å². The second kappa shape index (κ2) is 11.0. The van der Waals surface area contributed by atoms with Gasteiger partial charge in [-0.15, -0.1) is 0 Å². The maximum absolute atomic E-state index is 12.7. The van der Waals surface area contributed by atoms with Crippen LogP contribution in [0.4, 0.5) is 0 Å². The van der Waals surface area contributed by atoms with Crippen LogP contribution in [0.2, 0.25) is 0 Å². The van der Waals surface area contributed by atoms with Gasteiger partial charge in [0.05, 0.1) is 10.9 Å². The third kappa shape index (κ3) is 5.70. The molecular formula is C26H28N4O6. The molecule has 10 nitrogen and oxygen atoms in total. The summed E-state index contributed by atoms with van der Waals surface area (Å²) in [7, 11) is 0. The third-order valence-corrected chi connectivity index (χ3v) is 6.66. The van der Waals surface area contributed by atoms with Crippen LogP contribution in [0, 0.1) is 11.8 Å². The molecule has 0 radical (unpaired) electrons. The Labute approximate surface area is 206 Å². The van der Waals surface area contributed by atoms with Gasteiger partial charge < -0.3 is 20.7 Å². The van der Waals surface area contributed by atoms with Crippen molar-refractivity contribution in [2.75, 3.05) is 6.54 Å². The van der Waals surface area contributed by atoms with Crippen LogP contribution in [-0.4, -0.2) is 39.0 Å². The van der Waals surface area contributed by atoms with E-state index in [1.54, 1.807) is 54.6 Å². The highest BCUT2D eigenvalue weighted by Gasteiger charge is 2.30. The second-order valence-electron chi connectivity index (χ2n) is 9.08. The van der Waals surface area contributed by atoms with E-state index in [4.69, 9.17) is 0 Å². The number of carbonyl (C=O) groups is 3. The lowest BCUT2D eigenvalue weighted by Gasteiger charge is -2.29. The Morgan fingerprint density at radius 1 is 0.972 bits per heavy atom. The highest BCUT2D eigenvalue weighted by Crippen LogP contribution is 2.29. The molecule has 1 aliphatic rings. The van der Waals surface area contributed by atoms with Crippen LogP contribution in [0.1, 0.15) is 37.3 Å². The Morgan fingerprint density at radius 2 is 1.64 bits per heavy atom. The first-order valence-electron chi connectivity index (χ1n) is 11.9. The summed E-state index contributed by atoms with van der Waals surface area (Å²) in [5.74, 6) is -1.99. The summed E-state index contributed by atoms with van der Waals surface area (Å²) in [6, 6.07) is 14.1. The highest BCUT2D eigenvalue weighted by atomic mass is 16.4. The van der Waals surface area contributed by atoms with E-state index >= 15 is 0 Å². The normalized spacial score (nSPS) is 18.3. The van der Waals surface area contributed by atoms with Crippen molar-refractivity contribution < 1.29 is 19.5 Å². The van der Waals surface area contributed by atoms with Crippen molar-refractivity contribution in [1.29, 1.82) is 0 Å². The monoisotopic (exact) mass is 492 g/mol. The molecule has 4 rings (SSSR count). The van der Waals surface area contributed by atoms with Gasteiger partial charge in [-0.25, -0.2) is 9.59 Å². The third-order valence-electron chi connectivity index (χ3n) is 6.66. The Morgan fingerprint density at radius 3 is 2.33 bits per heavy atom. The number of carboxylic acids is 1. The highest BCUT2D eigenvalue weighted by molar-refractivity contribution is 5.86. The summed E-state index contributed by atoms with van der Waals surface area (Å²) in [4.78, 5) is 64.3. The number of nitrogens with one attached hydrogen (secondary N) is 3. The van der Waals surface area contributed by atoms with Gasteiger partial charge in [-0.1, -0.05) is 42.5 Å². The van der Waals surface area contributed by atoms with E-state index in [0.717, 1.165) is 4.57 Å². The molecule has 0 aliphatic heterocycles. The van der Waals surface area contributed by atoms with Crippen LogP contribution in [-0.2, 0) is 20.9 Å². The number of carboxylic acid groups (broad SMARTS) is 1. The summed E-state index contributed by atoms with van der Waals surface area (Å²) in [6.45, 7) is -0.0119. The first kappa shape index (κ1) is 24.9. The standard InChI is InChI=1S/C26H28N4O6/c31-21(15-30-24(33)19-8-4-5-9-20(19)28-26(30)36)27-14-16-10-12-18(13-11-16)23(32)29-22(25(34)35)17-6-2-1-3-7-17/h1-9,16,18,22H,10-15H2,(H,27,31)(H,28,36)(H,29,32)(H,34,35)/t16?,18?,22-/m1/s1. The number of amides is 2. The minimum atomic E-state index is -1.12. The summed E-state index contributed by atoms with van der Waals surface area (Å²) in [5.41, 5.74) is -0.232. The average Bonchev–Trinajstić information content (AvgIpc) is 2.89. The number of rotatable bonds is 8. The maximum atomic E-state index is 12.7. The fourth-order valence-electron chi connectivity index (χ4n) is 4.62. The van der Waals surface area contributed by atoms with E-state index < -0.39 is 29.2 Å². The number of fused-ring (bicyclic) bond motifs is 1. The number of aromatic nitrogens is 2. The van der Waals surface area contributed by atoms with Crippen LogP contribution in [0.3, 0.4) is 0 Å². The molecule has 2 amide bonds. The number of hydrogen-bond donors (Lipinski definition) is 4. The van der Waals surface area contributed by atoms with Gasteiger partial charge in [0.15, 0.2) is 6.04 Å². The van der Waals surface area contributed by atoms with Crippen molar-refractivity contribution >= 4 is 28.7 Å². The maximum Gasteiger partial charge on any atom is 0.330 e. The smallest absolute Gasteiger partial charge is 0.330 e. The molecule has 4 N–H and O–H groups in total. The molecule has 0 bridgehead atoms. The summed E-state index contributed by atoms with van der Waals surface area (Å²) in [5, 5.41) is 15.3. The Hall–Kier alpha value is -4.21. The van der Waals surface area contributed by atoms with Gasteiger partial charge in [0.1, 0.15) is 6.54 Å². The fourth-order valence-corrected chi connectivity index (χ4v) is 4.62. The quantitative estimate of drug-likeness (QED) is 0.375. The van der Waals surface area contributed by atoms with Crippen molar-refractivity contribution in [2.24, 2.45) is 11.8 Å². The minimum absolute atomic E-state index is 0.147. The molecule has 1 heterocycles. The Kier molecular flexibility index (Phi) is 7.62. The lowest BCUT2D eigenvalue weighted by molar-refractivity contribution is -0.143. The zero-order chi connectivity index (χ0) is 25.7. The second-order valence-corrected chi connectivity index (χ2v) is 9.08. The number of carbonyl (C=O) groups excluding carboxylic acids is 2. The molecular weight excluding hydrogens is 464 g/mol. The molecule has 1 saturated carbocycles. The molecule has 0 saturated heterocycles. The van der Waals surface area contributed by atoms with Gasteiger partial charge in [0.25, 0.3) is 5.56 Å². The van der Waals surface area contributed by atoms with E-state index in [1.165, 1.54) is 0 Å². The minimum Gasteiger partial charge on any atom is -0.479 e. The van der Waals surface area contributed by atoms with E-state index in [9.17, 15) is 29.1 Å². The first-order valence-corrected chi connectivity index (χ1v) is 11.9. The van der Waals surface area contributed by atoms with E-state index in [-0.39, 0.29) is 24.3 Å². The van der Waals surface area contributed by atoms with Crippen LogP contribution in [0.15, 0.2) is 64.2 Å². The predicted octanol–water partition coefficient (Wildman–Crippen LogP) is 1.55. The molecule has 1 fully saturated rings. The first-order chi connectivity index (χ1) is 17.3. The van der Waals surface area contributed by atoms with Crippen molar-refractivity contribution in [3.63, 3.8) is 0 Å². The van der Waals surface area contributed by atoms with E-state index in [2.05, 4.69) is 15.6 Å². The van der Waals surface area contributed by atoms with Crippen LogP contribution >= 0.6 is 0 Å². The summed E-state index contributed by atoms with van der Waals surface area (Å²) < 4.78 is 0.879. The number of H-pyrrole nitrogens is 1. The van der Waals surface area contributed by atoms with Crippen molar-refractivity contribution in [3.05, 3.63) is 81.0 Å². The van der Waals surface area contributed by atoms with Gasteiger partial charge >= 0.3 is 11.7 Å². The van der Waals surface area contributed by atoms with Gasteiger partial charge in [-0.3, -0.25) is 19.0 Å². The van der Waals surface area contributed by atoms with E-state index in [0.29, 0.717) is 48.7 Å². The number of nitrogens with zero attached hydrogens (tertiary/aromatic N) is 1. The van der Waals surface area contributed by atoms with Crippen molar-refractivity contribution in [3.8, 4) is 0 Å². The molecule has 0 unspecified atom stereocenters.